The van der Waals surface area contributed by atoms with E-state index < -0.39 is 17.3 Å². The average Bonchev–Trinajstić information content (AvgIpc) is 2.69. The zero-order valence-corrected chi connectivity index (χ0v) is 16.6. The Morgan fingerprint density at radius 3 is 2.27 bits per heavy atom. The summed E-state index contributed by atoms with van der Waals surface area (Å²) < 4.78 is 39.4. The number of halogens is 3. The minimum absolute atomic E-state index is 0.0235. The number of alkyl halides is 3. The van der Waals surface area contributed by atoms with Crippen LogP contribution in [0.15, 0.2) is 48.5 Å². The van der Waals surface area contributed by atoms with Crippen molar-refractivity contribution in [2.45, 2.75) is 50.9 Å². The molecule has 0 aromatic heterocycles. The van der Waals surface area contributed by atoms with Gasteiger partial charge in [0, 0.05) is 18.7 Å². The Bertz CT molecular complexity index is 907. The number of hydrogen-bond acceptors (Lipinski definition) is 3. The molecule has 3 N–H and O–H groups in total. The van der Waals surface area contributed by atoms with E-state index in [9.17, 15) is 22.8 Å². The second-order valence-electron chi connectivity index (χ2n) is 7.39. The van der Waals surface area contributed by atoms with Crippen LogP contribution in [0.2, 0.25) is 0 Å². The molecule has 2 aromatic rings. The molecule has 2 aromatic carbocycles. The average molecular weight is 419 g/mol. The lowest BCUT2D eigenvalue weighted by molar-refractivity contribution is -0.137. The molecule has 8 heteroatoms. The molecule has 0 saturated heterocycles. The van der Waals surface area contributed by atoms with Gasteiger partial charge in [-0.05, 0) is 49.1 Å². The normalized spacial score (nSPS) is 15.1. The molecule has 0 radical (unpaired) electrons. The molecule has 30 heavy (non-hydrogen) atoms. The first kappa shape index (κ1) is 21.7. The maximum atomic E-state index is 13.1. The van der Waals surface area contributed by atoms with Gasteiger partial charge in [0.05, 0.1) is 11.3 Å². The minimum Gasteiger partial charge on any atom is -0.355 e. The Kier molecular flexibility index (Phi) is 6.34. The molecule has 0 spiro atoms. The Balaban J connectivity index is 1.61. The van der Waals surface area contributed by atoms with E-state index in [4.69, 9.17) is 0 Å². The van der Waals surface area contributed by atoms with E-state index >= 15 is 0 Å². The predicted octanol–water partition coefficient (Wildman–Crippen LogP) is 4.51. The highest BCUT2D eigenvalue weighted by atomic mass is 19.4. The van der Waals surface area contributed by atoms with Crippen molar-refractivity contribution in [2.24, 2.45) is 0 Å². The summed E-state index contributed by atoms with van der Waals surface area (Å²) in [4.78, 5) is 24.3. The van der Waals surface area contributed by atoms with E-state index in [0.717, 1.165) is 18.1 Å². The van der Waals surface area contributed by atoms with Crippen molar-refractivity contribution in [3.63, 3.8) is 0 Å². The number of anilines is 2. The van der Waals surface area contributed by atoms with Crippen LogP contribution in [0.1, 0.15) is 43.7 Å². The maximum Gasteiger partial charge on any atom is 0.418 e. The third-order valence-electron chi connectivity index (χ3n) is 5.26. The van der Waals surface area contributed by atoms with E-state index in [2.05, 4.69) is 16.0 Å². The van der Waals surface area contributed by atoms with Gasteiger partial charge in [-0.2, -0.15) is 13.2 Å². The van der Waals surface area contributed by atoms with E-state index in [1.807, 2.05) is 0 Å². The van der Waals surface area contributed by atoms with Crippen molar-refractivity contribution in [2.75, 3.05) is 5.32 Å². The van der Waals surface area contributed by atoms with Gasteiger partial charge in [-0.1, -0.05) is 31.2 Å². The van der Waals surface area contributed by atoms with Crippen molar-refractivity contribution in [1.82, 2.24) is 10.6 Å². The quantitative estimate of drug-likeness (QED) is 0.618. The summed E-state index contributed by atoms with van der Waals surface area (Å²) in [5.41, 5.74) is -0.275. The highest BCUT2D eigenvalue weighted by molar-refractivity contribution is 5.92. The van der Waals surface area contributed by atoms with Crippen LogP contribution in [0.3, 0.4) is 0 Å². The summed E-state index contributed by atoms with van der Waals surface area (Å²) in [6.07, 6.45) is -2.01. The van der Waals surface area contributed by atoms with E-state index in [0.29, 0.717) is 24.9 Å². The van der Waals surface area contributed by atoms with Crippen molar-refractivity contribution in [3.05, 3.63) is 59.7 Å². The number of rotatable bonds is 7. The van der Waals surface area contributed by atoms with Crippen LogP contribution in [0, 0.1) is 0 Å². The fourth-order valence-electron chi connectivity index (χ4n) is 3.35. The highest BCUT2D eigenvalue weighted by Crippen LogP contribution is 2.36. The predicted molar refractivity (Wildman–Crippen MR) is 108 cm³/mol. The molecule has 0 heterocycles. The third kappa shape index (κ3) is 4.93. The third-order valence-corrected chi connectivity index (χ3v) is 5.26. The van der Waals surface area contributed by atoms with E-state index in [-0.39, 0.29) is 24.0 Å². The molecule has 1 aliphatic carbocycles. The lowest BCUT2D eigenvalue weighted by Gasteiger charge is -2.40. The molecule has 160 valence electrons. The van der Waals surface area contributed by atoms with Gasteiger partial charge in [-0.15, -0.1) is 0 Å². The molecule has 0 aliphatic heterocycles. The minimum atomic E-state index is -4.45. The van der Waals surface area contributed by atoms with E-state index in [1.165, 1.54) is 18.2 Å². The topological polar surface area (TPSA) is 70.2 Å². The van der Waals surface area contributed by atoms with Crippen LogP contribution >= 0.6 is 0 Å². The molecule has 2 amide bonds. The van der Waals surface area contributed by atoms with Crippen LogP contribution in [0.5, 0.6) is 0 Å². The number of amides is 2. The van der Waals surface area contributed by atoms with Gasteiger partial charge in [0.25, 0.3) is 0 Å². The molecular formula is C22H24F3N3O2. The highest BCUT2D eigenvalue weighted by Gasteiger charge is 2.44. The molecule has 0 atom stereocenters. The van der Waals surface area contributed by atoms with Gasteiger partial charge in [0.2, 0.25) is 11.8 Å². The number of nitrogens with one attached hydrogen (secondary N) is 3. The summed E-state index contributed by atoms with van der Waals surface area (Å²) in [6, 6.07) is 12.1. The largest absolute Gasteiger partial charge is 0.418 e. The van der Waals surface area contributed by atoms with Crippen LogP contribution in [-0.2, 0) is 22.3 Å². The Morgan fingerprint density at radius 2 is 1.70 bits per heavy atom. The fraction of sp³-hybridized carbons (Fsp3) is 0.364. The molecule has 1 saturated carbocycles. The lowest BCUT2D eigenvalue weighted by atomic mass is 9.75. The molecular weight excluding hydrogens is 395 g/mol. The first-order chi connectivity index (χ1) is 14.2. The van der Waals surface area contributed by atoms with Gasteiger partial charge in [0.15, 0.2) is 0 Å². The molecule has 5 nitrogen and oxygen atoms in total. The van der Waals surface area contributed by atoms with Crippen molar-refractivity contribution in [3.8, 4) is 0 Å². The van der Waals surface area contributed by atoms with Gasteiger partial charge >= 0.3 is 6.18 Å². The zero-order chi connectivity index (χ0) is 21.8. The summed E-state index contributed by atoms with van der Waals surface area (Å²) >= 11 is 0. The van der Waals surface area contributed by atoms with Crippen LogP contribution in [0.4, 0.5) is 24.5 Å². The van der Waals surface area contributed by atoms with Gasteiger partial charge in [0.1, 0.15) is 5.54 Å². The standard InChI is InChI=1S/C22H24F3N3O2/c1-2-19(29)28-21(12-5-13-21)20(30)26-14-15-8-10-16(11-9-15)27-18-7-4-3-6-17(18)22(23,24)25/h3-4,6-11,27H,2,5,12-14H2,1H3,(H,26,30)(H,28,29). The number of benzene rings is 2. The summed E-state index contributed by atoms with van der Waals surface area (Å²) in [5, 5.41) is 8.45. The summed E-state index contributed by atoms with van der Waals surface area (Å²) in [7, 11) is 0. The molecule has 1 aliphatic rings. The second-order valence-corrected chi connectivity index (χ2v) is 7.39. The number of para-hydroxylation sites is 1. The van der Waals surface area contributed by atoms with Crippen LogP contribution in [-0.4, -0.2) is 17.4 Å². The van der Waals surface area contributed by atoms with Crippen molar-refractivity contribution >= 4 is 23.2 Å². The first-order valence-electron chi connectivity index (χ1n) is 9.85. The molecule has 3 rings (SSSR count). The lowest BCUT2D eigenvalue weighted by Crippen LogP contribution is -2.62. The van der Waals surface area contributed by atoms with Gasteiger partial charge in [-0.3, -0.25) is 9.59 Å². The zero-order valence-electron chi connectivity index (χ0n) is 16.6. The Morgan fingerprint density at radius 1 is 1.03 bits per heavy atom. The van der Waals surface area contributed by atoms with Crippen LogP contribution in [0.25, 0.3) is 0 Å². The van der Waals surface area contributed by atoms with Crippen molar-refractivity contribution < 1.29 is 22.8 Å². The maximum absolute atomic E-state index is 13.1. The number of carbonyl (C=O) groups is 2. The van der Waals surface area contributed by atoms with Gasteiger partial charge in [-0.25, -0.2) is 0 Å². The number of hydrogen-bond donors (Lipinski definition) is 3. The Hall–Kier alpha value is -3.03. The second kappa shape index (κ2) is 8.77. The fourth-order valence-corrected chi connectivity index (χ4v) is 3.35. The van der Waals surface area contributed by atoms with Crippen molar-refractivity contribution in [1.29, 1.82) is 0 Å². The summed E-state index contributed by atoms with van der Waals surface area (Å²) in [5.74, 6) is -0.365. The smallest absolute Gasteiger partial charge is 0.355 e. The molecule has 0 bridgehead atoms. The summed E-state index contributed by atoms with van der Waals surface area (Å²) in [6.45, 7) is 2.00. The SMILES string of the molecule is CCC(=O)NC1(C(=O)NCc2ccc(Nc3ccccc3C(F)(F)F)cc2)CCC1. The Labute approximate surface area is 173 Å². The number of carbonyl (C=O) groups excluding carboxylic acids is 2. The van der Waals surface area contributed by atoms with Gasteiger partial charge < -0.3 is 16.0 Å². The van der Waals surface area contributed by atoms with E-state index in [1.54, 1.807) is 31.2 Å². The molecule has 1 fully saturated rings. The monoisotopic (exact) mass is 419 g/mol. The first-order valence-corrected chi connectivity index (χ1v) is 9.85. The van der Waals surface area contributed by atoms with Crippen LogP contribution < -0.4 is 16.0 Å². The molecule has 0 unspecified atom stereocenters.